The van der Waals surface area contributed by atoms with Crippen molar-refractivity contribution in [3.05, 3.63) is 33.6 Å². The Balaban J connectivity index is 2.37. The summed E-state index contributed by atoms with van der Waals surface area (Å²) in [6.45, 7) is 0. The number of carbonyl (C=O) groups is 1. The number of amides is 1. The van der Waals surface area contributed by atoms with Gasteiger partial charge in [0.15, 0.2) is 5.82 Å². The molecule has 0 saturated carbocycles. The minimum Gasteiger partial charge on any atom is -0.396 e. The maximum Gasteiger partial charge on any atom is 0.285 e. The first-order chi connectivity index (χ1) is 9.41. The fourth-order valence-corrected chi connectivity index (χ4v) is 3.35. The van der Waals surface area contributed by atoms with E-state index in [1.807, 2.05) is 0 Å². The van der Waals surface area contributed by atoms with Gasteiger partial charge in [-0.15, -0.1) is 0 Å². The Morgan fingerprint density at radius 2 is 2.30 bits per heavy atom. The summed E-state index contributed by atoms with van der Waals surface area (Å²) in [5.41, 5.74) is 4.41. The fourth-order valence-electron chi connectivity index (χ4n) is 2.09. The summed E-state index contributed by atoms with van der Waals surface area (Å²) in [5, 5.41) is 11.0. The first-order valence-electron chi connectivity index (χ1n) is 6.00. The normalized spacial score (nSPS) is 18.0. The predicted molar refractivity (Wildman–Crippen MR) is 75.3 cm³/mol. The molecule has 1 saturated heterocycles. The quantitative estimate of drug-likeness (QED) is 0.523. The number of rotatable bonds is 3. The highest BCUT2D eigenvalue weighted by atomic mass is 32.2. The van der Waals surface area contributed by atoms with Gasteiger partial charge in [-0.1, -0.05) is 0 Å². The van der Waals surface area contributed by atoms with Gasteiger partial charge in [-0.2, -0.15) is 11.8 Å². The summed E-state index contributed by atoms with van der Waals surface area (Å²) in [7, 11) is 1.60. The molecule has 1 aromatic rings. The van der Waals surface area contributed by atoms with Crippen molar-refractivity contribution in [1.82, 2.24) is 4.90 Å². The van der Waals surface area contributed by atoms with Crippen LogP contribution in [0.15, 0.2) is 12.1 Å². The summed E-state index contributed by atoms with van der Waals surface area (Å²) < 4.78 is 13.3. The SMILES string of the molecule is CN(C(=O)c1cc(N)c(F)cc1[N+](=O)[O-])C1CCSC1. The van der Waals surface area contributed by atoms with Crippen molar-refractivity contribution >= 4 is 29.0 Å². The van der Waals surface area contributed by atoms with Crippen molar-refractivity contribution in [2.75, 3.05) is 24.3 Å². The Kier molecular flexibility index (Phi) is 4.12. The minimum absolute atomic E-state index is 0.0402. The van der Waals surface area contributed by atoms with E-state index in [4.69, 9.17) is 5.73 Å². The molecule has 0 radical (unpaired) electrons. The number of benzene rings is 1. The Morgan fingerprint density at radius 3 is 2.85 bits per heavy atom. The van der Waals surface area contributed by atoms with E-state index in [1.54, 1.807) is 18.8 Å². The lowest BCUT2D eigenvalue weighted by molar-refractivity contribution is -0.385. The molecule has 6 nitrogen and oxygen atoms in total. The van der Waals surface area contributed by atoms with Gasteiger partial charge in [0.05, 0.1) is 16.7 Å². The van der Waals surface area contributed by atoms with Crippen LogP contribution in [-0.4, -0.2) is 40.3 Å². The number of hydrogen-bond acceptors (Lipinski definition) is 5. The van der Waals surface area contributed by atoms with Gasteiger partial charge in [-0.05, 0) is 18.2 Å². The molecule has 108 valence electrons. The number of anilines is 1. The highest BCUT2D eigenvalue weighted by Crippen LogP contribution is 2.28. The molecule has 1 aliphatic heterocycles. The number of hydrogen-bond donors (Lipinski definition) is 1. The molecule has 1 aromatic carbocycles. The Morgan fingerprint density at radius 1 is 1.60 bits per heavy atom. The standard InChI is InChI=1S/C12H14FN3O3S/c1-15(7-2-3-20-6-7)12(17)8-4-10(14)9(13)5-11(8)16(18)19/h4-5,7H,2-3,6,14H2,1H3. The van der Waals surface area contributed by atoms with Crippen molar-refractivity contribution < 1.29 is 14.1 Å². The van der Waals surface area contributed by atoms with Crippen molar-refractivity contribution in [1.29, 1.82) is 0 Å². The summed E-state index contributed by atoms with van der Waals surface area (Å²) in [5.74, 6) is 0.353. The van der Waals surface area contributed by atoms with Gasteiger partial charge in [-0.3, -0.25) is 14.9 Å². The summed E-state index contributed by atoms with van der Waals surface area (Å²) >= 11 is 1.73. The molecule has 20 heavy (non-hydrogen) atoms. The largest absolute Gasteiger partial charge is 0.396 e. The second-order valence-electron chi connectivity index (χ2n) is 4.58. The van der Waals surface area contributed by atoms with E-state index in [-0.39, 0.29) is 17.3 Å². The third kappa shape index (κ3) is 2.69. The van der Waals surface area contributed by atoms with Crippen molar-refractivity contribution in [2.24, 2.45) is 0 Å². The maximum absolute atomic E-state index is 13.3. The number of thioether (sulfide) groups is 1. The average molecular weight is 299 g/mol. The van der Waals surface area contributed by atoms with Crippen molar-refractivity contribution in [3.63, 3.8) is 0 Å². The third-order valence-corrected chi connectivity index (χ3v) is 4.46. The third-order valence-electron chi connectivity index (χ3n) is 3.32. The smallest absolute Gasteiger partial charge is 0.285 e. The van der Waals surface area contributed by atoms with Crippen LogP contribution in [0.5, 0.6) is 0 Å². The molecular weight excluding hydrogens is 285 g/mol. The summed E-state index contributed by atoms with van der Waals surface area (Å²) in [6, 6.07) is 1.77. The molecule has 2 rings (SSSR count). The average Bonchev–Trinajstić information content (AvgIpc) is 2.93. The molecule has 0 aromatic heterocycles. The van der Waals surface area contributed by atoms with Gasteiger partial charge >= 0.3 is 0 Å². The van der Waals surface area contributed by atoms with Crippen LogP contribution >= 0.6 is 11.8 Å². The van der Waals surface area contributed by atoms with Gasteiger partial charge in [0, 0.05) is 18.8 Å². The van der Waals surface area contributed by atoms with Gasteiger partial charge in [0.1, 0.15) is 5.56 Å². The van der Waals surface area contributed by atoms with Gasteiger partial charge in [0.2, 0.25) is 0 Å². The molecule has 1 heterocycles. The minimum atomic E-state index is -0.896. The monoisotopic (exact) mass is 299 g/mol. The van der Waals surface area contributed by atoms with E-state index in [0.29, 0.717) is 6.07 Å². The zero-order valence-electron chi connectivity index (χ0n) is 10.8. The van der Waals surface area contributed by atoms with Gasteiger partial charge in [-0.25, -0.2) is 4.39 Å². The van der Waals surface area contributed by atoms with Gasteiger partial charge < -0.3 is 10.6 Å². The number of nitrogens with zero attached hydrogens (tertiary/aromatic N) is 2. The number of nitro benzene ring substituents is 1. The molecule has 8 heteroatoms. The molecular formula is C12H14FN3O3S. The fraction of sp³-hybridized carbons (Fsp3) is 0.417. The zero-order valence-corrected chi connectivity index (χ0v) is 11.7. The molecule has 1 aliphatic rings. The molecule has 0 bridgehead atoms. The van der Waals surface area contributed by atoms with E-state index < -0.39 is 22.3 Å². The number of halogens is 1. The Labute approximate surface area is 119 Å². The predicted octanol–water partition coefficient (Wildman–Crippen LogP) is 1.89. The highest BCUT2D eigenvalue weighted by molar-refractivity contribution is 7.99. The number of nitrogen functional groups attached to an aromatic ring is 1. The van der Waals surface area contributed by atoms with Crippen molar-refractivity contribution in [3.8, 4) is 0 Å². The van der Waals surface area contributed by atoms with Crippen LogP contribution < -0.4 is 5.73 Å². The van der Waals surface area contributed by atoms with Crippen LogP contribution in [-0.2, 0) is 0 Å². The lowest BCUT2D eigenvalue weighted by Crippen LogP contribution is -2.37. The van der Waals surface area contributed by atoms with Crippen LogP contribution in [0.4, 0.5) is 15.8 Å². The molecule has 1 fully saturated rings. The van der Waals surface area contributed by atoms with E-state index in [1.165, 1.54) is 4.90 Å². The lowest BCUT2D eigenvalue weighted by Gasteiger charge is -2.23. The Bertz CT molecular complexity index is 561. The summed E-state index contributed by atoms with van der Waals surface area (Å²) in [6.07, 6.45) is 0.845. The lowest BCUT2D eigenvalue weighted by atomic mass is 10.1. The summed E-state index contributed by atoms with van der Waals surface area (Å²) in [4.78, 5) is 24.0. The van der Waals surface area contributed by atoms with E-state index in [0.717, 1.165) is 24.0 Å². The van der Waals surface area contributed by atoms with E-state index in [2.05, 4.69) is 0 Å². The van der Waals surface area contributed by atoms with Gasteiger partial charge in [0.25, 0.3) is 11.6 Å². The van der Waals surface area contributed by atoms with Crippen LogP contribution in [0.1, 0.15) is 16.8 Å². The Hall–Kier alpha value is -1.83. The highest BCUT2D eigenvalue weighted by Gasteiger charge is 2.30. The maximum atomic E-state index is 13.3. The van der Waals surface area contributed by atoms with Crippen LogP contribution in [0.25, 0.3) is 0 Å². The molecule has 0 spiro atoms. The second kappa shape index (κ2) is 5.66. The molecule has 1 amide bonds. The molecule has 1 atom stereocenters. The number of carbonyl (C=O) groups excluding carboxylic acids is 1. The first-order valence-corrected chi connectivity index (χ1v) is 7.15. The number of nitrogens with two attached hydrogens (primary N) is 1. The number of nitro groups is 1. The van der Waals surface area contributed by atoms with Crippen molar-refractivity contribution in [2.45, 2.75) is 12.5 Å². The van der Waals surface area contributed by atoms with E-state index >= 15 is 0 Å². The molecule has 0 aliphatic carbocycles. The molecule has 1 unspecified atom stereocenters. The van der Waals surface area contributed by atoms with Crippen LogP contribution in [0.3, 0.4) is 0 Å². The van der Waals surface area contributed by atoms with E-state index in [9.17, 15) is 19.3 Å². The van der Waals surface area contributed by atoms with Crippen LogP contribution in [0, 0.1) is 15.9 Å². The molecule has 2 N–H and O–H groups in total. The topological polar surface area (TPSA) is 89.5 Å². The zero-order chi connectivity index (χ0) is 14.9. The first kappa shape index (κ1) is 14.6. The second-order valence-corrected chi connectivity index (χ2v) is 5.73. The van der Waals surface area contributed by atoms with Crippen LogP contribution in [0.2, 0.25) is 0 Å².